The zero-order valence-corrected chi connectivity index (χ0v) is 13.6. The van der Waals surface area contributed by atoms with E-state index in [0.29, 0.717) is 6.54 Å². The third kappa shape index (κ3) is 1.36. The predicted octanol–water partition coefficient (Wildman–Crippen LogP) is 3.87. The van der Waals surface area contributed by atoms with Crippen molar-refractivity contribution in [3.63, 3.8) is 0 Å². The third-order valence-electron chi connectivity index (χ3n) is 6.03. The van der Waals surface area contributed by atoms with E-state index in [4.69, 9.17) is 4.74 Å². The van der Waals surface area contributed by atoms with E-state index in [1.54, 1.807) is 0 Å². The lowest BCUT2D eigenvalue weighted by atomic mass is 9.74. The summed E-state index contributed by atoms with van der Waals surface area (Å²) < 4.78 is 5.83. The summed E-state index contributed by atoms with van der Waals surface area (Å²) in [6.45, 7) is 9.14. The Bertz CT molecular complexity index is 794. The molecule has 4 rings (SSSR count). The number of nitrogens with zero attached hydrogens (tertiary/aromatic N) is 1. The second-order valence-corrected chi connectivity index (χ2v) is 6.88. The van der Waals surface area contributed by atoms with Gasteiger partial charge in [0.2, 0.25) is 0 Å². The van der Waals surface area contributed by atoms with Crippen LogP contribution < -0.4 is 0 Å². The van der Waals surface area contributed by atoms with Crippen LogP contribution in [0.3, 0.4) is 0 Å². The van der Waals surface area contributed by atoms with Gasteiger partial charge < -0.3 is 9.72 Å². The first-order chi connectivity index (χ1) is 10.4. The zero-order valence-electron chi connectivity index (χ0n) is 13.6. The molecule has 3 heterocycles. The number of carbonyl (C=O) groups is 1. The summed E-state index contributed by atoms with van der Waals surface area (Å²) in [6.07, 6.45) is 1.48. The van der Waals surface area contributed by atoms with Crippen molar-refractivity contribution in [2.24, 2.45) is 0 Å². The largest absolute Gasteiger partial charge is 0.440 e. The number of H-pyrrole nitrogens is 1. The van der Waals surface area contributed by atoms with Crippen molar-refractivity contribution in [2.75, 3.05) is 6.54 Å². The zero-order chi connectivity index (χ0) is 15.7. The van der Waals surface area contributed by atoms with Crippen LogP contribution in [0.15, 0.2) is 18.2 Å². The van der Waals surface area contributed by atoms with Crippen LogP contribution in [0.5, 0.6) is 0 Å². The molecule has 0 aliphatic carbocycles. The molecule has 0 radical (unpaired) electrons. The highest BCUT2D eigenvalue weighted by Gasteiger charge is 2.60. The SMILES string of the molecule is CC[C@@]1(C)OC(=O)N2CCc3c(C)[nH]c4cccc(c34)[C@@]21C. The molecule has 22 heavy (non-hydrogen) atoms. The van der Waals surface area contributed by atoms with Gasteiger partial charge in [0.25, 0.3) is 0 Å². The highest BCUT2D eigenvalue weighted by Crippen LogP contribution is 2.52. The summed E-state index contributed by atoms with van der Waals surface area (Å²) in [5.74, 6) is 0. The van der Waals surface area contributed by atoms with Crippen LogP contribution in [-0.2, 0) is 16.7 Å². The molecular weight excluding hydrogens is 276 g/mol. The number of fused-ring (bicyclic) bond motifs is 2. The van der Waals surface area contributed by atoms with Gasteiger partial charge in [-0.1, -0.05) is 19.1 Å². The highest BCUT2D eigenvalue weighted by molar-refractivity contribution is 5.91. The molecule has 2 aliphatic heterocycles. The number of cyclic esters (lactones) is 1. The van der Waals surface area contributed by atoms with E-state index in [-0.39, 0.29) is 6.09 Å². The molecule has 0 unspecified atom stereocenters. The molecule has 1 amide bonds. The second kappa shape index (κ2) is 4.06. The molecule has 0 saturated carbocycles. The van der Waals surface area contributed by atoms with Crippen molar-refractivity contribution in [3.8, 4) is 0 Å². The number of rotatable bonds is 1. The summed E-state index contributed by atoms with van der Waals surface area (Å²) in [5.41, 5.74) is 3.97. The maximum atomic E-state index is 12.5. The van der Waals surface area contributed by atoms with Gasteiger partial charge in [0.05, 0.1) is 0 Å². The number of carbonyl (C=O) groups excluding carboxylic acids is 1. The standard InChI is InChI=1S/C18H22N2O2/c1-5-17(3)18(4)13-7-6-8-14-15(13)12(11(2)19-14)9-10-20(18)16(21)22-17/h6-8,19H,5,9-10H2,1-4H3/t17-,18-/m1/s1. The van der Waals surface area contributed by atoms with Crippen LogP contribution in [0.2, 0.25) is 0 Å². The van der Waals surface area contributed by atoms with Crippen LogP contribution in [0.4, 0.5) is 4.79 Å². The molecular formula is C18H22N2O2. The molecule has 2 atom stereocenters. The van der Waals surface area contributed by atoms with Crippen LogP contribution in [0.25, 0.3) is 10.9 Å². The average Bonchev–Trinajstić information content (AvgIpc) is 2.84. The van der Waals surface area contributed by atoms with E-state index in [9.17, 15) is 4.79 Å². The molecule has 1 fully saturated rings. The van der Waals surface area contributed by atoms with Crippen molar-refractivity contribution >= 4 is 17.0 Å². The summed E-state index contributed by atoms with van der Waals surface area (Å²) >= 11 is 0. The van der Waals surface area contributed by atoms with Crippen LogP contribution in [0, 0.1) is 6.92 Å². The molecule has 1 N–H and O–H groups in total. The van der Waals surface area contributed by atoms with Crippen molar-refractivity contribution < 1.29 is 9.53 Å². The lowest BCUT2D eigenvalue weighted by Gasteiger charge is -2.41. The quantitative estimate of drug-likeness (QED) is 0.868. The van der Waals surface area contributed by atoms with Crippen LogP contribution in [0.1, 0.15) is 44.0 Å². The monoisotopic (exact) mass is 298 g/mol. The number of nitrogens with one attached hydrogen (secondary N) is 1. The fourth-order valence-electron chi connectivity index (χ4n) is 4.37. The maximum Gasteiger partial charge on any atom is 0.411 e. The molecule has 1 aromatic carbocycles. The molecule has 2 aliphatic rings. The Kier molecular flexibility index (Phi) is 2.52. The molecule has 0 spiro atoms. The highest BCUT2D eigenvalue weighted by atomic mass is 16.6. The van der Waals surface area contributed by atoms with Gasteiger partial charge >= 0.3 is 6.09 Å². The Balaban J connectivity index is 2.10. The van der Waals surface area contributed by atoms with Crippen LogP contribution in [-0.4, -0.2) is 28.1 Å². The van der Waals surface area contributed by atoms with E-state index >= 15 is 0 Å². The third-order valence-corrected chi connectivity index (χ3v) is 6.03. The first-order valence-corrected chi connectivity index (χ1v) is 8.03. The van der Waals surface area contributed by atoms with E-state index in [1.807, 2.05) is 4.90 Å². The minimum atomic E-state index is -0.509. The molecule has 1 aromatic heterocycles. The average molecular weight is 298 g/mol. The molecule has 2 aromatic rings. The van der Waals surface area contributed by atoms with Crippen molar-refractivity contribution in [3.05, 3.63) is 35.0 Å². The van der Waals surface area contributed by atoms with Gasteiger partial charge in [0.1, 0.15) is 11.1 Å². The minimum Gasteiger partial charge on any atom is -0.440 e. The summed E-state index contributed by atoms with van der Waals surface area (Å²) in [5, 5.41) is 1.28. The van der Waals surface area contributed by atoms with Gasteiger partial charge in [-0.3, -0.25) is 4.90 Å². The lowest BCUT2D eigenvalue weighted by molar-refractivity contribution is 0.00345. The van der Waals surface area contributed by atoms with Gasteiger partial charge in [-0.25, -0.2) is 4.79 Å². The Labute approximate surface area is 130 Å². The van der Waals surface area contributed by atoms with Gasteiger partial charge in [0, 0.05) is 23.1 Å². The first kappa shape index (κ1) is 13.7. The fourth-order valence-corrected chi connectivity index (χ4v) is 4.37. The van der Waals surface area contributed by atoms with E-state index in [1.165, 1.54) is 22.2 Å². The van der Waals surface area contributed by atoms with Gasteiger partial charge in [0.15, 0.2) is 0 Å². The Morgan fingerprint density at radius 2 is 2.14 bits per heavy atom. The number of amides is 1. The number of aryl methyl sites for hydroxylation is 1. The number of benzene rings is 1. The first-order valence-electron chi connectivity index (χ1n) is 8.03. The van der Waals surface area contributed by atoms with Crippen LogP contribution >= 0.6 is 0 Å². The molecule has 4 heteroatoms. The van der Waals surface area contributed by atoms with Gasteiger partial charge in [-0.15, -0.1) is 0 Å². The van der Waals surface area contributed by atoms with Gasteiger partial charge in [-0.2, -0.15) is 0 Å². The Morgan fingerprint density at radius 3 is 2.86 bits per heavy atom. The van der Waals surface area contributed by atoms with Gasteiger partial charge in [-0.05, 0) is 50.8 Å². The molecule has 116 valence electrons. The number of aromatic amines is 1. The van der Waals surface area contributed by atoms with E-state index in [0.717, 1.165) is 18.4 Å². The minimum absolute atomic E-state index is 0.185. The smallest absolute Gasteiger partial charge is 0.411 e. The number of ether oxygens (including phenoxy) is 1. The fraction of sp³-hybridized carbons (Fsp3) is 0.500. The summed E-state index contributed by atoms with van der Waals surface area (Å²) in [4.78, 5) is 17.9. The van der Waals surface area contributed by atoms with Crippen molar-refractivity contribution in [1.82, 2.24) is 9.88 Å². The maximum absolute atomic E-state index is 12.5. The predicted molar refractivity (Wildman–Crippen MR) is 86.0 cm³/mol. The van der Waals surface area contributed by atoms with Crippen molar-refractivity contribution in [2.45, 2.75) is 51.7 Å². The summed E-state index contributed by atoms with van der Waals surface area (Å²) in [7, 11) is 0. The van der Waals surface area contributed by atoms with Crippen molar-refractivity contribution in [1.29, 1.82) is 0 Å². The Hall–Kier alpha value is -1.97. The Morgan fingerprint density at radius 1 is 1.36 bits per heavy atom. The number of hydrogen-bond acceptors (Lipinski definition) is 2. The number of hydrogen-bond donors (Lipinski definition) is 1. The molecule has 4 nitrogen and oxygen atoms in total. The molecule has 0 bridgehead atoms. The molecule has 1 saturated heterocycles. The van der Waals surface area contributed by atoms with E-state index < -0.39 is 11.1 Å². The topological polar surface area (TPSA) is 45.3 Å². The number of aromatic nitrogens is 1. The van der Waals surface area contributed by atoms with E-state index in [2.05, 4.69) is 50.9 Å². The second-order valence-electron chi connectivity index (χ2n) is 6.88. The summed E-state index contributed by atoms with van der Waals surface area (Å²) in [6, 6.07) is 6.35. The normalized spacial score (nSPS) is 30.4. The lowest BCUT2D eigenvalue weighted by Crippen LogP contribution is -2.52.